The van der Waals surface area contributed by atoms with Crippen molar-refractivity contribution in [3.63, 3.8) is 0 Å². The van der Waals surface area contributed by atoms with Gasteiger partial charge in [0.2, 0.25) is 5.91 Å². The molecule has 1 atom stereocenters. The molecule has 37 heavy (non-hydrogen) atoms. The number of fused-ring (bicyclic) bond motifs is 1. The second-order valence-electron chi connectivity index (χ2n) is 9.73. The van der Waals surface area contributed by atoms with E-state index in [-0.39, 0.29) is 17.9 Å². The van der Waals surface area contributed by atoms with Crippen LogP contribution in [0.15, 0.2) is 66.0 Å². The van der Waals surface area contributed by atoms with E-state index >= 15 is 0 Å². The van der Waals surface area contributed by atoms with Crippen LogP contribution in [0.25, 0.3) is 0 Å². The van der Waals surface area contributed by atoms with Crippen molar-refractivity contribution in [1.82, 2.24) is 14.7 Å². The summed E-state index contributed by atoms with van der Waals surface area (Å²) in [6.45, 7) is 6.32. The van der Waals surface area contributed by atoms with E-state index < -0.39 is 0 Å². The van der Waals surface area contributed by atoms with E-state index in [0.717, 1.165) is 31.6 Å². The summed E-state index contributed by atoms with van der Waals surface area (Å²) in [6.07, 6.45) is 3.09. The van der Waals surface area contributed by atoms with Crippen molar-refractivity contribution in [2.75, 3.05) is 45.9 Å². The van der Waals surface area contributed by atoms with Crippen molar-refractivity contribution in [3.8, 4) is 5.75 Å². The van der Waals surface area contributed by atoms with Crippen LogP contribution in [0.5, 0.6) is 5.75 Å². The molecule has 0 saturated carbocycles. The fourth-order valence-corrected chi connectivity index (χ4v) is 6.11. The number of hydrogen-bond acceptors (Lipinski definition) is 5. The third-order valence-corrected chi connectivity index (χ3v) is 8.30. The lowest BCUT2D eigenvalue weighted by atomic mass is 9.93. The molecule has 5 rings (SSSR count). The molecular formula is C30H35N3O3S. The molecule has 3 aromatic rings. The lowest BCUT2D eigenvalue weighted by molar-refractivity contribution is -0.134. The highest BCUT2D eigenvalue weighted by atomic mass is 32.1. The molecule has 2 aliphatic heterocycles. The van der Waals surface area contributed by atoms with Gasteiger partial charge in [0.15, 0.2) is 0 Å². The molecule has 1 saturated heterocycles. The Morgan fingerprint density at radius 3 is 2.38 bits per heavy atom. The van der Waals surface area contributed by atoms with Crippen molar-refractivity contribution in [1.29, 1.82) is 0 Å². The number of thiophene rings is 1. The smallest absolute Gasteiger partial charge is 0.253 e. The predicted molar refractivity (Wildman–Crippen MR) is 147 cm³/mol. The van der Waals surface area contributed by atoms with Crippen LogP contribution in [0.3, 0.4) is 0 Å². The van der Waals surface area contributed by atoms with Crippen LogP contribution >= 0.6 is 11.3 Å². The first-order chi connectivity index (χ1) is 18.1. The standard InChI is InChI=1S/C30H35N3O3S/c1-2-3-20-36-25-11-9-24(10-12-25)30(35)32-18-16-31(17-19-32)28(34)22-33-15-13-27-26(14-21-37-27)29(33)23-7-5-4-6-8-23/h4-12,14,21,29H,2-3,13,15-20,22H2,1H3/t29-/m0/s1. The SMILES string of the molecule is CCCCOc1ccc(C(=O)N2CCN(C(=O)CN3CCc4sccc4[C@@H]3c3ccccc3)CC2)cc1. The zero-order valence-electron chi connectivity index (χ0n) is 21.5. The second kappa shape index (κ2) is 11.9. The van der Waals surface area contributed by atoms with Gasteiger partial charge in [-0.2, -0.15) is 0 Å². The summed E-state index contributed by atoms with van der Waals surface area (Å²) in [7, 11) is 0. The fourth-order valence-electron chi connectivity index (χ4n) is 5.21. The van der Waals surface area contributed by atoms with Gasteiger partial charge in [-0.05, 0) is 59.7 Å². The molecule has 0 unspecified atom stereocenters. The van der Waals surface area contributed by atoms with E-state index in [9.17, 15) is 9.59 Å². The predicted octanol–water partition coefficient (Wildman–Crippen LogP) is 4.86. The summed E-state index contributed by atoms with van der Waals surface area (Å²) in [4.78, 5) is 33.9. The number of rotatable bonds is 8. The average Bonchev–Trinajstić information content (AvgIpc) is 3.42. The van der Waals surface area contributed by atoms with Crippen molar-refractivity contribution in [2.45, 2.75) is 32.2 Å². The Hall–Kier alpha value is -3.16. The zero-order chi connectivity index (χ0) is 25.6. The molecule has 0 N–H and O–H groups in total. The first-order valence-electron chi connectivity index (χ1n) is 13.3. The van der Waals surface area contributed by atoms with Gasteiger partial charge in [0.05, 0.1) is 19.2 Å². The minimum atomic E-state index is 0.0115. The Labute approximate surface area is 223 Å². The summed E-state index contributed by atoms with van der Waals surface area (Å²) in [5.74, 6) is 0.944. The van der Waals surface area contributed by atoms with E-state index in [1.54, 1.807) is 0 Å². The van der Waals surface area contributed by atoms with Crippen LogP contribution in [0.2, 0.25) is 0 Å². The van der Waals surface area contributed by atoms with Crippen LogP contribution in [0.1, 0.15) is 52.2 Å². The monoisotopic (exact) mass is 517 g/mol. The van der Waals surface area contributed by atoms with E-state index in [2.05, 4.69) is 47.5 Å². The highest BCUT2D eigenvalue weighted by Crippen LogP contribution is 2.37. The maximum Gasteiger partial charge on any atom is 0.253 e. The molecule has 2 aromatic carbocycles. The Balaban J connectivity index is 1.17. The molecule has 0 bridgehead atoms. The third-order valence-electron chi connectivity index (χ3n) is 7.31. The van der Waals surface area contributed by atoms with Gasteiger partial charge in [0.1, 0.15) is 5.75 Å². The molecule has 194 valence electrons. The maximum absolute atomic E-state index is 13.4. The van der Waals surface area contributed by atoms with E-state index in [1.165, 1.54) is 16.0 Å². The minimum Gasteiger partial charge on any atom is -0.494 e. The summed E-state index contributed by atoms with van der Waals surface area (Å²) >= 11 is 1.81. The molecule has 0 radical (unpaired) electrons. The largest absolute Gasteiger partial charge is 0.494 e. The van der Waals surface area contributed by atoms with E-state index in [1.807, 2.05) is 51.5 Å². The van der Waals surface area contributed by atoms with Crippen molar-refractivity contribution >= 4 is 23.2 Å². The molecule has 1 aromatic heterocycles. The molecule has 7 heteroatoms. The number of piperazine rings is 1. The first-order valence-corrected chi connectivity index (χ1v) is 14.2. The summed E-state index contributed by atoms with van der Waals surface area (Å²) in [5, 5.41) is 2.16. The number of ether oxygens (including phenoxy) is 1. The van der Waals surface area contributed by atoms with Crippen molar-refractivity contribution in [3.05, 3.63) is 87.6 Å². The number of carbonyl (C=O) groups excluding carboxylic acids is 2. The van der Waals surface area contributed by atoms with Gasteiger partial charge in [0.25, 0.3) is 5.91 Å². The van der Waals surface area contributed by atoms with Crippen LogP contribution in [-0.4, -0.2) is 72.4 Å². The van der Waals surface area contributed by atoms with Gasteiger partial charge in [-0.25, -0.2) is 0 Å². The number of hydrogen-bond donors (Lipinski definition) is 0. The van der Waals surface area contributed by atoms with Gasteiger partial charge in [-0.1, -0.05) is 43.7 Å². The van der Waals surface area contributed by atoms with Gasteiger partial charge < -0.3 is 14.5 Å². The van der Waals surface area contributed by atoms with E-state index in [4.69, 9.17) is 4.74 Å². The Bertz CT molecular complexity index is 1190. The Morgan fingerprint density at radius 1 is 0.919 bits per heavy atom. The Kier molecular flexibility index (Phi) is 8.21. The third kappa shape index (κ3) is 5.89. The van der Waals surface area contributed by atoms with Gasteiger partial charge in [-0.3, -0.25) is 14.5 Å². The first kappa shape index (κ1) is 25.5. The quantitative estimate of drug-likeness (QED) is 0.401. The summed E-state index contributed by atoms with van der Waals surface area (Å²) in [6, 6.07) is 20.2. The molecule has 6 nitrogen and oxygen atoms in total. The number of nitrogens with zero attached hydrogens (tertiary/aromatic N) is 3. The molecule has 3 heterocycles. The van der Waals surface area contributed by atoms with Gasteiger partial charge in [0, 0.05) is 43.2 Å². The molecule has 2 aliphatic rings. The highest BCUT2D eigenvalue weighted by Gasteiger charge is 2.33. The van der Waals surface area contributed by atoms with Gasteiger partial charge in [-0.15, -0.1) is 11.3 Å². The highest BCUT2D eigenvalue weighted by molar-refractivity contribution is 7.10. The average molecular weight is 518 g/mol. The second-order valence-corrected chi connectivity index (χ2v) is 10.7. The minimum absolute atomic E-state index is 0.0115. The van der Waals surface area contributed by atoms with Crippen LogP contribution in [0, 0.1) is 0 Å². The summed E-state index contributed by atoms with van der Waals surface area (Å²) < 4.78 is 5.71. The van der Waals surface area contributed by atoms with Crippen LogP contribution < -0.4 is 4.74 Å². The number of unbranched alkanes of at least 4 members (excludes halogenated alkanes) is 1. The Morgan fingerprint density at radius 2 is 1.65 bits per heavy atom. The maximum atomic E-state index is 13.4. The summed E-state index contributed by atoms with van der Waals surface area (Å²) in [5.41, 5.74) is 3.22. The van der Waals surface area contributed by atoms with Gasteiger partial charge >= 0.3 is 0 Å². The molecule has 0 aliphatic carbocycles. The van der Waals surface area contributed by atoms with Crippen molar-refractivity contribution in [2.24, 2.45) is 0 Å². The zero-order valence-corrected chi connectivity index (χ0v) is 22.3. The molecule has 0 spiro atoms. The lowest BCUT2D eigenvalue weighted by Gasteiger charge is -2.39. The fraction of sp³-hybridized carbons (Fsp3) is 0.400. The molecular weight excluding hydrogens is 482 g/mol. The number of amides is 2. The lowest BCUT2D eigenvalue weighted by Crippen LogP contribution is -2.53. The number of benzene rings is 2. The number of carbonyl (C=O) groups is 2. The molecule has 2 amide bonds. The van der Waals surface area contributed by atoms with Crippen molar-refractivity contribution < 1.29 is 14.3 Å². The topological polar surface area (TPSA) is 53.1 Å². The van der Waals surface area contributed by atoms with E-state index in [0.29, 0.717) is 44.9 Å². The normalized spacial score (nSPS) is 17.9. The molecule has 1 fully saturated rings. The van der Waals surface area contributed by atoms with Crippen LogP contribution in [-0.2, 0) is 11.2 Å². The van der Waals surface area contributed by atoms with Crippen LogP contribution in [0.4, 0.5) is 0 Å².